The van der Waals surface area contributed by atoms with Gasteiger partial charge in [-0.2, -0.15) is 0 Å². The lowest BCUT2D eigenvalue weighted by molar-refractivity contribution is -0.123. The van der Waals surface area contributed by atoms with Gasteiger partial charge in [0.2, 0.25) is 0 Å². The molecule has 3 aromatic rings. The highest BCUT2D eigenvalue weighted by Gasteiger charge is 2.35. The molecule has 0 N–H and O–H groups in total. The number of carbonyl (C=O) groups is 2. The lowest BCUT2D eigenvalue weighted by Gasteiger charge is -2.14. The van der Waals surface area contributed by atoms with E-state index in [0.29, 0.717) is 34.3 Å². The van der Waals surface area contributed by atoms with Gasteiger partial charge in [-0.05, 0) is 65.7 Å². The summed E-state index contributed by atoms with van der Waals surface area (Å²) in [5.74, 6) is -0.195. The maximum Gasteiger partial charge on any atom is 0.293 e. The molecule has 180 valence electrons. The Labute approximate surface area is 216 Å². The lowest BCUT2D eigenvalue weighted by Crippen LogP contribution is -2.27. The molecule has 35 heavy (non-hydrogen) atoms. The molecule has 0 aromatic heterocycles. The van der Waals surface area contributed by atoms with Gasteiger partial charge in [0.15, 0.2) is 11.5 Å². The minimum Gasteiger partial charge on any atom is -0.493 e. The van der Waals surface area contributed by atoms with Crippen LogP contribution in [0.2, 0.25) is 10.0 Å². The van der Waals surface area contributed by atoms with Crippen LogP contribution in [0.15, 0.2) is 59.5 Å². The van der Waals surface area contributed by atoms with E-state index < -0.39 is 17.0 Å². The highest BCUT2D eigenvalue weighted by molar-refractivity contribution is 8.18. The summed E-state index contributed by atoms with van der Waals surface area (Å²) in [5.41, 5.74) is 3.17. The minimum atomic E-state index is -0.495. The smallest absolute Gasteiger partial charge is 0.293 e. The molecule has 4 rings (SSSR count). The van der Waals surface area contributed by atoms with E-state index in [4.69, 9.17) is 32.7 Å². The highest BCUT2D eigenvalue weighted by atomic mass is 35.5. The fourth-order valence-electron chi connectivity index (χ4n) is 3.41. The van der Waals surface area contributed by atoms with Crippen LogP contribution in [0.25, 0.3) is 6.08 Å². The van der Waals surface area contributed by atoms with E-state index in [0.717, 1.165) is 33.9 Å². The van der Waals surface area contributed by atoms with E-state index in [2.05, 4.69) is 0 Å². The molecule has 3 aromatic carbocycles. The topological polar surface area (TPSA) is 55.8 Å². The monoisotopic (exact) mass is 531 g/mol. The first-order valence-corrected chi connectivity index (χ1v) is 12.1. The Morgan fingerprint density at radius 2 is 1.77 bits per heavy atom. The Kier molecular flexibility index (Phi) is 7.69. The van der Waals surface area contributed by atoms with Gasteiger partial charge in [-0.25, -0.2) is 4.39 Å². The molecule has 1 aliphatic heterocycles. The van der Waals surface area contributed by atoms with Crippen LogP contribution in [-0.4, -0.2) is 23.2 Å². The van der Waals surface area contributed by atoms with Crippen molar-refractivity contribution in [3.8, 4) is 11.5 Å². The molecule has 0 bridgehead atoms. The highest BCUT2D eigenvalue weighted by Crippen LogP contribution is 2.39. The van der Waals surface area contributed by atoms with Crippen LogP contribution in [-0.2, 0) is 17.9 Å². The summed E-state index contributed by atoms with van der Waals surface area (Å²) < 4.78 is 24.7. The normalized spacial score (nSPS) is 14.7. The van der Waals surface area contributed by atoms with Crippen LogP contribution >= 0.6 is 35.0 Å². The molecule has 0 saturated carbocycles. The molecule has 2 amide bonds. The Morgan fingerprint density at radius 3 is 2.46 bits per heavy atom. The van der Waals surface area contributed by atoms with Gasteiger partial charge in [0, 0.05) is 5.02 Å². The first kappa shape index (κ1) is 25.1. The molecule has 1 fully saturated rings. The third-order valence-corrected chi connectivity index (χ3v) is 6.81. The molecule has 9 heteroatoms. The van der Waals surface area contributed by atoms with Gasteiger partial charge in [0.05, 0.1) is 23.6 Å². The molecule has 1 heterocycles. The van der Waals surface area contributed by atoms with Crippen molar-refractivity contribution in [1.29, 1.82) is 0 Å². The van der Waals surface area contributed by atoms with Crippen molar-refractivity contribution < 1.29 is 23.5 Å². The summed E-state index contributed by atoms with van der Waals surface area (Å²) >= 11 is 13.3. The standard InChI is InChI=1S/C26H20Cl2FNO4S/c1-15-3-5-16(6-4-15)14-34-24-21(28)9-17(10-22(24)33-2)11-23-25(31)30(26(32)35-23)13-18-7-8-19(29)12-20(18)27/h3-12H,13-14H2,1-2H3/b23-11-. The average molecular weight is 532 g/mol. The summed E-state index contributed by atoms with van der Waals surface area (Å²) in [6.45, 7) is 2.26. The number of aryl methyl sites for hydroxylation is 1. The summed E-state index contributed by atoms with van der Waals surface area (Å²) in [6.07, 6.45) is 1.56. The van der Waals surface area contributed by atoms with Crippen molar-refractivity contribution in [2.75, 3.05) is 7.11 Å². The zero-order chi connectivity index (χ0) is 25.1. The summed E-state index contributed by atoms with van der Waals surface area (Å²) in [4.78, 5) is 26.7. The Bertz CT molecular complexity index is 1330. The number of ether oxygens (including phenoxy) is 2. The van der Waals surface area contributed by atoms with E-state index >= 15 is 0 Å². The molecular formula is C26H20Cl2FNO4S. The zero-order valence-electron chi connectivity index (χ0n) is 18.8. The van der Waals surface area contributed by atoms with Gasteiger partial charge in [-0.3, -0.25) is 14.5 Å². The molecule has 1 aliphatic rings. The molecular weight excluding hydrogens is 512 g/mol. The maximum absolute atomic E-state index is 13.3. The van der Waals surface area contributed by atoms with E-state index in [1.807, 2.05) is 31.2 Å². The minimum absolute atomic E-state index is 0.0585. The second-order valence-corrected chi connectivity index (χ2v) is 9.62. The number of thioether (sulfide) groups is 1. The largest absolute Gasteiger partial charge is 0.493 e. The number of hydrogen-bond donors (Lipinski definition) is 0. The Balaban J connectivity index is 1.53. The van der Waals surface area contributed by atoms with E-state index in [1.165, 1.54) is 19.2 Å². The molecule has 0 atom stereocenters. The number of amides is 2. The van der Waals surface area contributed by atoms with Gasteiger partial charge < -0.3 is 9.47 Å². The van der Waals surface area contributed by atoms with Crippen LogP contribution in [0, 0.1) is 12.7 Å². The van der Waals surface area contributed by atoms with Crippen molar-refractivity contribution in [2.24, 2.45) is 0 Å². The Hall–Kier alpha value is -3.00. The van der Waals surface area contributed by atoms with Gasteiger partial charge in [0.1, 0.15) is 12.4 Å². The van der Waals surface area contributed by atoms with Crippen molar-refractivity contribution in [1.82, 2.24) is 4.90 Å². The van der Waals surface area contributed by atoms with Crippen LogP contribution in [0.4, 0.5) is 9.18 Å². The molecule has 0 spiro atoms. The maximum atomic E-state index is 13.3. The van der Waals surface area contributed by atoms with E-state index in [9.17, 15) is 14.0 Å². The predicted molar refractivity (Wildman–Crippen MR) is 136 cm³/mol. The van der Waals surface area contributed by atoms with Crippen LogP contribution in [0.5, 0.6) is 11.5 Å². The fourth-order valence-corrected chi connectivity index (χ4v) is 4.75. The predicted octanol–water partition coefficient (Wildman–Crippen LogP) is 7.27. The van der Waals surface area contributed by atoms with Gasteiger partial charge in [-0.1, -0.05) is 59.1 Å². The summed E-state index contributed by atoms with van der Waals surface area (Å²) in [7, 11) is 1.49. The average Bonchev–Trinajstić information content (AvgIpc) is 3.08. The molecule has 0 unspecified atom stereocenters. The number of rotatable bonds is 7. The van der Waals surface area contributed by atoms with Crippen molar-refractivity contribution >= 4 is 52.2 Å². The number of hydrogen-bond acceptors (Lipinski definition) is 5. The second kappa shape index (κ2) is 10.7. The number of methoxy groups -OCH3 is 1. The number of benzene rings is 3. The number of nitrogens with zero attached hydrogens (tertiary/aromatic N) is 1. The van der Waals surface area contributed by atoms with Crippen LogP contribution in [0.3, 0.4) is 0 Å². The first-order chi connectivity index (χ1) is 16.7. The van der Waals surface area contributed by atoms with E-state index in [-0.39, 0.29) is 16.5 Å². The van der Waals surface area contributed by atoms with Gasteiger partial charge in [0.25, 0.3) is 11.1 Å². The third-order valence-electron chi connectivity index (χ3n) is 5.27. The quantitative estimate of drug-likeness (QED) is 0.300. The van der Waals surface area contributed by atoms with E-state index in [1.54, 1.807) is 18.2 Å². The summed E-state index contributed by atoms with van der Waals surface area (Å²) in [5, 5.41) is 0.00330. The molecule has 0 radical (unpaired) electrons. The van der Waals surface area contributed by atoms with Crippen molar-refractivity contribution in [3.05, 3.63) is 97.6 Å². The molecule has 0 aliphatic carbocycles. The third kappa shape index (κ3) is 5.81. The van der Waals surface area contributed by atoms with Crippen molar-refractivity contribution in [3.63, 3.8) is 0 Å². The SMILES string of the molecule is COc1cc(/C=C2\SC(=O)N(Cc3ccc(F)cc3Cl)C2=O)cc(Cl)c1OCc1ccc(C)cc1. The second-order valence-electron chi connectivity index (χ2n) is 7.81. The van der Waals surface area contributed by atoms with Crippen LogP contribution in [0.1, 0.15) is 22.3 Å². The lowest BCUT2D eigenvalue weighted by atomic mass is 10.1. The number of imide groups is 1. The number of halogens is 3. The fraction of sp³-hybridized carbons (Fsp3) is 0.154. The summed E-state index contributed by atoms with van der Waals surface area (Å²) in [6, 6.07) is 15.1. The zero-order valence-corrected chi connectivity index (χ0v) is 21.1. The molecule has 5 nitrogen and oxygen atoms in total. The van der Waals surface area contributed by atoms with Gasteiger partial charge >= 0.3 is 0 Å². The van der Waals surface area contributed by atoms with Crippen molar-refractivity contribution in [2.45, 2.75) is 20.1 Å². The number of carbonyl (C=O) groups excluding carboxylic acids is 2. The van der Waals surface area contributed by atoms with Gasteiger partial charge in [-0.15, -0.1) is 0 Å². The Morgan fingerprint density at radius 1 is 1.03 bits per heavy atom. The molecule has 1 saturated heterocycles. The van der Waals surface area contributed by atoms with Crippen LogP contribution < -0.4 is 9.47 Å². The first-order valence-electron chi connectivity index (χ1n) is 10.5.